The number of ether oxygens (including phenoxy) is 3. The van der Waals surface area contributed by atoms with Crippen molar-refractivity contribution in [3.63, 3.8) is 0 Å². The molecule has 1 N–H and O–H groups in total. The fourth-order valence-electron chi connectivity index (χ4n) is 2.89. The first-order valence-corrected chi connectivity index (χ1v) is 9.03. The van der Waals surface area contributed by atoms with Crippen LogP contribution in [0.15, 0.2) is 72.8 Å². The Bertz CT molecular complexity index is 925. The number of carbonyl (C=O) groups is 1. The zero-order valence-electron chi connectivity index (χ0n) is 16.0. The predicted molar refractivity (Wildman–Crippen MR) is 109 cm³/mol. The lowest BCUT2D eigenvalue weighted by Gasteiger charge is -2.14. The number of methoxy groups -OCH3 is 2. The van der Waals surface area contributed by atoms with E-state index in [0.717, 1.165) is 5.56 Å². The number of para-hydroxylation sites is 4. The van der Waals surface area contributed by atoms with Crippen LogP contribution >= 0.6 is 0 Å². The van der Waals surface area contributed by atoms with Crippen molar-refractivity contribution in [3.8, 4) is 23.0 Å². The van der Waals surface area contributed by atoms with E-state index in [0.29, 0.717) is 41.5 Å². The molecule has 1 amide bonds. The minimum Gasteiger partial charge on any atom is -0.493 e. The van der Waals surface area contributed by atoms with E-state index in [2.05, 4.69) is 5.32 Å². The van der Waals surface area contributed by atoms with Crippen LogP contribution in [0.5, 0.6) is 23.0 Å². The van der Waals surface area contributed by atoms with Crippen LogP contribution in [-0.4, -0.2) is 20.1 Å². The maximum absolute atomic E-state index is 12.5. The van der Waals surface area contributed by atoms with E-state index in [1.165, 1.54) is 0 Å². The molecule has 3 rings (SSSR count). The van der Waals surface area contributed by atoms with E-state index >= 15 is 0 Å². The molecular weight excluding hydrogens is 354 g/mol. The molecule has 5 nitrogen and oxygen atoms in total. The highest BCUT2D eigenvalue weighted by atomic mass is 16.5. The molecule has 0 radical (unpaired) electrons. The van der Waals surface area contributed by atoms with E-state index in [4.69, 9.17) is 14.2 Å². The van der Waals surface area contributed by atoms with Crippen LogP contribution in [0.2, 0.25) is 0 Å². The van der Waals surface area contributed by atoms with Gasteiger partial charge in [-0.1, -0.05) is 42.5 Å². The van der Waals surface area contributed by atoms with Crippen LogP contribution in [0, 0.1) is 0 Å². The summed E-state index contributed by atoms with van der Waals surface area (Å²) in [7, 11) is 3.19. The summed E-state index contributed by atoms with van der Waals surface area (Å²) in [5.74, 6) is 2.52. The van der Waals surface area contributed by atoms with Crippen LogP contribution in [0.3, 0.4) is 0 Å². The minimum atomic E-state index is -0.103. The maximum Gasteiger partial charge on any atom is 0.224 e. The van der Waals surface area contributed by atoms with Crippen molar-refractivity contribution in [2.45, 2.75) is 12.8 Å². The summed E-state index contributed by atoms with van der Waals surface area (Å²) < 4.78 is 16.6. The van der Waals surface area contributed by atoms with Crippen molar-refractivity contribution in [2.24, 2.45) is 0 Å². The third kappa shape index (κ3) is 4.82. The van der Waals surface area contributed by atoms with Crippen LogP contribution in [-0.2, 0) is 11.2 Å². The highest BCUT2D eigenvalue weighted by molar-refractivity contribution is 5.92. The standard InChI is InChI=1S/C23H23NO4/c1-26-21-14-8-9-17(23(21)27-2)15-16-22(25)24-19-12-6-7-13-20(19)28-18-10-4-3-5-11-18/h3-14H,15-16H2,1-2H3,(H,24,25). The van der Waals surface area contributed by atoms with Gasteiger partial charge in [-0.05, 0) is 42.3 Å². The van der Waals surface area contributed by atoms with Crippen molar-refractivity contribution < 1.29 is 19.0 Å². The van der Waals surface area contributed by atoms with Gasteiger partial charge in [0.1, 0.15) is 5.75 Å². The Morgan fingerprint density at radius 3 is 2.29 bits per heavy atom. The summed E-state index contributed by atoms with van der Waals surface area (Å²) in [4.78, 5) is 12.5. The van der Waals surface area contributed by atoms with Gasteiger partial charge in [-0.3, -0.25) is 4.79 Å². The summed E-state index contributed by atoms with van der Waals surface area (Å²) in [5.41, 5.74) is 1.56. The summed E-state index contributed by atoms with van der Waals surface area (Å²) >= 11 is 0. The first kappa shape index (κ1) is 19.3. The Balaban J connectivity index is 1.66. The van der Waals surface area contributed by atoms with E-state index in [-0.39, 0.29) is 5.91 Å². The van der Waals surface area contributed by atoms with E-state index in [9.17, 15) is 4.79 Å². The highest BCUT2D eigenvalue weighted by Crippen LogP contribution is 2.32. The quantitative estimate of drug-likeness (QED) is 0.596. The average molecular weight is 377 g/mol. The molecule has 5 heteroatoms. The van der Waals surface area contributed by atoms with Gasteiger partial charge < -0.3 is 19.5 Å². The average Bonchev–Trinajstić information content (AvgIpc) is 2.74. The third-order valence-electron chi connectivity index (χ3n) is 4.24. The van der Waals surface area contributed by atoms with Crippen LogP contribution in [0.4, 0.5) is 5.69 Å². The Hall–Kier alpha value is -3.47. The molecule has 28 heavy (non-hydrogen) atoms. The number of rotatable bonds is 8. The van der Waals surface area contributed by atoms with Gasteiger partial charge in [0, 0.05) is 6.42 Å². The number of hydrogen-bond acceptors (Lipinski definition) is 4. The van der Waals surface area contributed by atoms with Crippen molar-refractivity contribution in [3.05, 3.63) is 78.4 Å². The van der Waals surface area contributed by atoms with Gasteiger partial charge in [0.15, 0.2) is 17.2 Å². The molecule has 0 aromatic heterocycles. The molecule has 0 fully saturated rings. The maximum atomic E-state index is 12.5. The molecule has 144 valence electrons. The summed E-state index contributed by atoms with van der Waals surface area (Å²) in [6.07, 6.45) is 0.844. The molecule has 0 bridgehead atoms. The molecule has 3 aromatic rings. The topological polar surface area (TPSA) is 56.8 Å². The summed E-state index contributed by atoms with van der Waals surface area (Å²) in [6.45, 7) is 0. The SMILES string of the molecule is COc1cccc(CCC(=O)Nc2ccccc2Oc2ccccc2)c1OC. The second kappa shape index (κ2) is 9.46. The van der Waals surface area contributed by atoms with Crippen molar-refractivity contribution >= 4 is 11.6 Å². The van der Waals surface area contributed by atoms with Gasteiger partial charge in [-0.2, -0.15) is 0 Å². The molecule has 0 spiro atoms. The van der Waals surface area contributed by atoms with Gasteiger partial charge in [0.25, 0.3) is 0 Å². The molecule has 0 aliphatic heterocycles. The van der Waals surface area contributed by atoms with Gasteiger partial charge >= 0.3 is 0 Å². The van der Waals surface area contributed by atoms with E-state index in [1.807, 2.05) is 72.8 Å². The van der Waals surface area contributed by atoms with Crippen molar-refractivity contribution in [1.82, 2.24) is 0 Å². The molecule has 0 aliphatic carbocycles. The predicted octanol–water partition coefficient (Wildman–Crippen LogP) is 5.07. The molecule has 0 atom stereocenters. The monoisotopic (exact) mass is 377 g/mol. The first-order chi connectivity index (χ1) is 13.7. The Kier molecular flexibility index (Phi) is 6.52. The third-order valence-corrected chi connectivity index (χ3v) is 4.24. The number of anilines is 1. The summed E-state index contributed by atoms with van der Waals surface area (Å²) in [5, 5.41) is 2.93. The lowest BCUT2D eigenvalue weighted by atomic mass is 10.1. The Morgan fingerprint density at radius 2 is 1.54 bits per heavy atom. The van der Waals surface area contributed by atoms with Crippen molar-refractivity contribution in [2.75, 3.05) is 19.5 Å². The number of carbonyl (C=O) groups excluding carboxylic acids is 1. The van der Waals surface area contributed by atoms with Crippen molar-refractivity contribution in [1.29, 1.82) is 0 Å². The largest absolute Gasteiger partial charge is 0.493 e. The van der Waals surface area contributed by atoms with Crippen LogP contribution in [0.25, 0.3) is 0 Å². The lowest BCUT2D eigenvalue weighted by molar-refractivity contribution is -0.116. The molecule has 0 unspecified atom stereocenters. The molecule has 0 saturated heterocycles. The first-order valence-electron chi connectivity index (χ1n) is 9.03. The molecule has 0 aliphatic rings. The minimum absolute atomic E-state index is 0.103. The number of hydrogen-bond donors (Lipinski definition) is 1. The van der Waals surface area contributed by atoms with Gasteiger partial charge in [-0.15, -0.1) is 0 Å². The van der Waals surface area contributed by atoms with E-state index in [1.54, 1.807) is 14.2 Å². The van der Waals surface area contributed by atoms with Gasteiger partial charge in [-0.25, -0.2) is 0 Å². The second-order valence-electron chi connectivity index (χ2n) is 6.11. The zero-order valence-corrected chi connectivity index (χ0v) is 16.0. The number of nitrogens with one attached hydrogen (secondary N) is 1. The smallest absolute Gasteiger partial charge is 0.224 e. The Labute approximate surface area is 164 Å². The van der Waals surface area contributed by atoms with Gasteiger partial charge in [0.2, 0.25) is 5.91 Å². The fourth-order valence-corrected chi connectivity index (χ4v) is 2.89. The molecule has 3 aromatic carbocycles. The Morgan fingerprint density at radius 1 is 0.821 bits per heavy atom. The number of aryl methyl sites for hydroxylation is 1. The molecular formula is C23H23NO4. The zero-order chi connectivity index (χ0) is 19.8. The fraction of sp³-hybridized carbons (Fsp3) is 0.174. The molecule has 0 saturated carbocycles. The second-order valence-corrected chi connectivity index (χ2v) is 6.11. The number of amides is 1. The molecule has 0 heterocycles. The van der Waals surface area contributed by atoms with Crippen LogP contribution < -0.4 is 19.5 Å². The van der Waals surface area contributed by atoms with Gasteiger partial charge in [0.05, 0.1) is 19.9 Å². The van der Waals surface area contributed by atoms with Crippen LogP contribution in [0.1, 0.15) is 12.0 Å². The lowest BCUT2D eigenvalue weighted by Crippen LogP contribution is -2.13. The summed E-state index contributed by atoms with van der Waals surface area (Å²) in [6, 6.07) is 22.5. The van der Waals surface area contributed by atoms with E-state index < -0.39 is 0 Å². The highest BCUT2D eigenvalue weighted by Gasteiger charge is 2.13. The normalized spacial score (nSPS) is 10.2. The number of benzene rings is 3.